The molecule has 118 valence electrons. The van der Waals surface area contributed by atoms with Crippen LogP contribution in [0.15, 0.2) is 48.7 Å². The first-order valence-electron chi connectivity index (χ1n) is 7.36. The molecule has 1 aliphatic rings. The van der Waals surface area contributed by atoms with Crippen LogP contribution in [0.25, 0.3) is 6.08 Å². The average Bonchev–Trinajstić information content (AvgIpc) is 2.54. The Morgan fingerprint density at radius 2 is 2.04 bits per heavy atom. The Balaban J connectivity index is 1.88. The minimum atomic E-state index is -1.06. The van der Waals surface area contributed by atoms with Gasteiger partial charge in [0.15, 0.2) is 0 Å². The van der Waals surface area contributed by atoms with Gasteiger partial charge in [-0.15, -0.1) is 0 Å². The fourth-order valence-electron chi connectivity index (χ4n) is 2.85. The van der Waals surface area contributed by atoms with Crippen molar-refractivity contribution in [1.82, 2.24) is 4.90 Å². The minimum Gasteiger partial charge on any atom is -0.465 e. The Morgan fingerprint density at radius 3 is 2.78 bits per heavy atom. The molecule has 4 nitrogen and oxygen atoms in total. The van der Waals surface area contributed by atoms with E-state index in [1.165, 1.54) is 0 Å². The van der Waals surface area contributed by atoms with Gasteiger partial charge in [0.2, 0.25) is 0 Å². The van der Waals surface area contributed by atoms with Gasteiger partial charge in [-0.1, -0.05) is 41.9 Å². The highest BCUT2D eigenvalue weighted by Gasteiger charge is 2.20. The zero-order valence-electron chi connectivity index (χ0n) is 12.7. The van der Waals surface area contributed by atoms with E-state index in [9.17, 15) is 4.79 Å². The van der Waals surface area contributed by atoms with Crippen molar-refractivity contribution in [3.8, 4) is 0 Å². The van der Waals surface area contributed by atoms with E-state index >= 15 is 0 Å². The number of nitrogens with one attached hydrogen (secondary N) is 1. The van der Waals surface area contributed by atoms with Crippen LogP contribution in [0, 0.1) is 0 Å². The second-order valence-electron chi connectivity index (χ2n) is 5.49. The molecule has 0 bridgehead atoms. The number of hydrogen-bond donors (Lipinski definition) is 2. The van der Waals surface area contributed by atoms with Crippen molar-refractivity contribution in [3.05, 3.63) is 70.4 Å². The largest absolute Gasteiger partial charge is 0.465 e. The number of rotatable bonds is 3. The van der Waals surface area contributed by atoms with E-state index in [0.29, 0.717) is 12.2 Å². The predicted octanol–water partition coefficient (Wildman–Crippen LogP) is 4.98. The van der Waals surface area contributed by atoms with Gasteiger partial charge in [-0.25, -0.2) is 4.79 Å². The van der Waals surface area contributed by atoms with E-state index in [1.807, 2.05) is 48.7 Å². The third kappa shape index (κ3) is 3.17. The fraction of sp³-hybridized carbons (Fsp3) is 0.167. The van der Waals surface area contributed by atoms with Crippen molar-refractivity contribution in [3.63, 3.8) is 0 Å². The van der Waals surface area contributed by atoms with Crippen molar-refractivity contribution < 1.29 is 9.90 Å². The van der Waals surface area contributed by atoms with E-state index in [4.69, 9.17) is 16.7 Å². The number of benzene rings is 2. The zero-order valence-corrected chi connectivity index (χ0v) is 13.4. The first-order valence-corrected chi connectivity index (χ1v) is 7.74. The Hall–Kier alpha value is -2.46. The van der Waals surface area contributed by atoms with E-state index in [2.05, 4.69) is 17.1 Å². The van der Waals surface area contributed by atoms with Crippen LogP contribution in [0.4, 0.5) is 10.5 Å². The molecule has 3 rings (SSSR count). The lowest BCUT2D eigenvalue weighted by atomic mass is 9.99. The van der Waals surface area contributed by atoms with E-state index < -0.39 is 6.09 Å². The highest BCUT2D eigenvalue weighted by molar-refractivity contribution is 6.31. The Kier molecular flexibility index (Phi) is 4.26. The highest BCUT2D eigenvalue weighted by Crippen LogP contribution is 2.33. The number of anilines is 1. The summed E-state index contributed by atoms with van der Waals surface area (Å²) >= 11 is 6.30. The summed E-state index contributed by atoms with van der Waals surface area (Å²) in [6.45, 7) is 2.81. The van der Waals surface area contributed by atoms with E-state index in [1.54, 1.807) is 6.07 Å². The molecule has 23 heavy (non-hydrogen) atoms. The molecule has 5 heteroatoms. The second-order valence-corrected chi connectivity index (χ2v) is 5.90. The Morgan fingerprint density at radius 1 is 1.26 bits per heavy atom. The summed E-state index contributed by atoms with van der Waals surface area (Å²) in [6, 6.07) is 13.6. The average molecular weight is 329 g/mol. The number of nitrogens with zero attached hydrogens (tertiary/aromatic N) is 1. The van der Waals surface area contributed by atoms with Gasteiger partial charge in [-0.2, -0.15) is 0 Å². The quantitative estimate of drug-likeness (QED) is 0.835. The Labute approximate surface area is 140 Å². The van der Waals surface area contributed by atoms with Gasteiger partial charge in [0.25, 0.3) is 0 Å². The fourth-order valence-corrected chi connectivity index (χ4v) is 3.14. The Bertz CT molecular complexity index is 773. The second kappa shape index (κ2) is 6.34. The first-order chi connectivity index (χ1) is 11.1. The van der Waals surface area contributed by atoms with E-state index in [-0.39, 0.29) is 6.04 Å². The monoisotopic (exact) mass is 328 g/mol. The summed E-state index contributed by atoms with van der Waals surface area (Å²) < 4.78 is 0. The molecule has 0 aliphatic carbocycles. The SMILES string of the molecule is CC(c1ccccc1Cl)N1C=Cc2c(cccc2NC(=O)O)C1. The van der Waals surface area contributed by atoms with Crippen LogP contribution in [0.2, 0.25) is 5.02 Å². The maximum absolute atomic E-state index is 10.9. The minimum absolute atomic E-state index is 0.129. The zero-order chi connectivity index (χ0) is 16.4. The molecular weight excluding hydrogens is 312 g/mol. The van der Waals surface area contributed by atoms with Crippen LogP contribution in [0.5, 0.6) is 0 Å². The molecule has 1 unspecified atom stereocenters. The van der Waals surface area contributed by atoms with Crippen molar-refractivity contribution in [2.45, 2.75) is 19.5 Å². The summed E-state index contributed by atoms with van der Waals surface area (Å²) in [5.41, 5.74) is 3.67. The van der Waals surface area contributed by atoms with Gasteiger partial charge in [-0.3, -0.25) is 5.32 Å². The molecule has 1 amide bonds. The van der Waals surface area contributed by atoms with Gasteiger partial charge in [0.1, 0.15) is 0 Å². The molecule has 1 heterocycles. The van der Waals surface area contributed by atoms with Crippen LogP contribution < -0.4 is 5.32 Å². The molecule has 2 aromatic rings. The van der Waals surface area contributed by atoms with Crippen LogP contribution >= 0.6 is 11.6 Å². The predicted molar refractivity (Wildman–Crippen MR) is 92.5 cm³/mol. The molecule has 2 aromatic carbocycles. The summed E-state index contributed by atoms with van der Waals surface area (Å²) in [4.78, 5) is 13.1. The van der Waals surface area contributed by atoms with Crippen LogP contribution in [-0.4, -0.2) is 16.1 Å². The molecular formula is C18H17ClN2O2. The van der Waals surface area contributed by atoms with Gasteiger partial charge < -0.3 is 10.0 Å². The molecule has 0 spiro atoms. The lowest BCUT2D eigenvalue weighted by Gasteiger charge is -2.32. The number of carboxylic acid groups (broad SMARTS) is 1. The van der Waals surface area contributed by atoms with Crippen molar-refractivity contribution in [1.29, 1.82) is 0 Å². The highest BCUT2D eigenvalue weighted by atomic mass is 35.5. The number of hydrogen-bond acceptors (Lipinski definition) is 2. The number of carbonyl (C=O) groups is 1. The maximum Gasteiger partial charge on any atom is 0.409 e. The maximum atomic E-state index is 10.9. The summed E-state index contributed by atoms with van der Waals surface area (Å²) in [5.74, 6) is 0. The number of halogens is 1. The topological polar surface area (TPSA) is 52.6 Å². The smallest absolute Gasteiger partial charge is 0.409 e. The molecule has 0 saturated carbocycles. The summed E-state index contributed by atoms with van der Waals surface area (Å²) in [5, 5.41) is 12.1. The third-order valence-corrected chi connectivity index (χ3v) is 4.42. The van der Waals surface area contributed by atoms with Gasteiger partial charge >= 0.3 is 6.09 Å². The van der Waals surface area contributed by atoms with Crippen LogP contribution in [0.3, 0.4) is 0 Å². The van der Waals surface area contributed by atoms with Gasteiger partial charge in [-0.05, 0) is 36.3 Å². The summed E-state index contributed by atoms with van der Waals surface area (Å²) in [7, 11) is 0. The molecule has 1 atom stereocenters. The van der Waals surface area contributed by atoms with Crippen LogP contribution in [0.1, 0.15) is 29.7 Å². The lowest BCUT2D eigenvalue weighted by Crippen LogP contribution is -2.24. The molecule has 0 fully saturated rings. The molecule has 0 radical (unpaired) electrons. The van der Waals surface area contributed by atoms with Crippen molar-refractivity contribution >= 4 is 29.5 Å². The van der Waals surface area contributed by atoms with Crippen molar-refractivity contribution in [2.75, 3.05) is 5.32 Å². The summed E-state index contributed by atoms with van der Waals surface area (Å²) in [6.07, 6.45) is 2.87. The van der Waals surface area contributed by atoms with Gasteiger partial charge in [0, 0.05) is 23.3 Å². The van der Waals surface area contributed by atoms with Crippen LogP contribution in [-0.2, 0) is 6.54 Å². The molecule has 1 aliphatic heterocycles. The third-order valence-electron chi connectivity index (χ3n) is 4.08. The molecule has 0 saturated heterocycles. The molecule has 0 aromatic heterocycles. The standard InChI is InChI=1S/C18H17ClN2O2/c1-12(14-6-2-3-7-16(14)19)21-10-9-15-13(11-21)5-4-8-17(15)20-18(22)23/h2-10,12,20H,11H2,1H3,(H,22,23). The molecule has 2 N–H and O–H groups in total. The normalized spacial score (nSPS) is 14.3. The first kappa shape index (κ1) is 15.4. The number of amides is 1. The van der Waals surface area contributed by atoms with E-state index in [0.717, 1.165) is 21.7 Å². The number of fused-ring (bicyclic) bond motifs is 1. The van der Waals surface area contributed by atoms with Gasteiger partial charge in [0.05, 0.1) is 11.7 Å². The lowest BCUT2D eigenvalue weighted by molar-refractivity contribution is 0.209. The van der Waals surface area contributed by atoms with Crippen molar-refractivity contribution in [2.24, 2.45) is 0 Å².